The first kappa shape index (κ1) is 96.1. The molecule has 98 heavy (non-hydrogen) atoms. The Kier molecular flexibility index (Phi) is 69.3. The van der Waals surface area contributed by atoms with Crippen molar-refractivity contribution in [3.8, 4) is 0 Å². The lowest BCUT2D eigenvalue weighted by Gasteiger charge is -2.21. The molecule has 0 aromatic carbocycles. The van der Waals surface area contributed by atoms with Gasteiger partial charge in [0, 0.05) is 25.7 Å². The van der Waals surface area contributed by atoms with Crippen LogP contribution in [0, 0.1) is 11.8 Å². The molecule has 0 bridgehead atoms. The number of carbonyl (C=O) groups is 4. The number of hydrogen-bond donors (Lipinski definition) is 3. The van der Waals surface area contributed by atoms with Gasteiger partial charge < -0.3 is 33.8 Å². The van der Waals surface area contributed by atoms with Crippen LogP contribution in [0.25, 0.3) is 0 Å². The highest BCUT2D eigenvalue weighted by atomic mass is 31.2. The number of esters is 4. The molecule has 0 saturated carbocycles. The van der Waals surface area contributed by atoms with E-state index in [4.69, 9.17) is 37.0 Å². The molecule has 0 radical (unpaired) electrons. The first-order valence-electron chi connectivity index (χ1n) is 41.0. The van der Waals surface area contributed by atoms with E-state index in [-0.39, 0.29) is 25.7 Å². The molecule has 0 heterocycles. The van der Waals surface area contributed by atoms with Crippen molar-refractivity contribution in [3.05, 3.63) is 0 Å². The molecule has 19 heteroatoms. The number of hydrogen-bond acceptors (Lipinski definition) is 15. The standard InChI is InChI=1S/C79H154O17P2/c1-7-10-12-14-16-17-18-19-20-21-29-34-39-45-51-57-63-78(83)95-74(67-89-76(81)61-55-49-41-15-13-11-8-2)69-93-97(85,86)91-65-73(80)66-92-98(87,88)94-70-75(68-90-77(82)62-56-50-44-38-33-28-24-22-26-31-36-42-47-53-59-71(4)5)96-79(84)64-58-52-46-40-35-30-25-23-27-32-37-43-48-54-60-72(6)9-3/h71-75,80H,7-70H2,1-6H3,(H,85,86)(H,87,88)/t72?,73-,74+,75+/m0/s1. The number of phosphoric ester groups is 2. The third-order valence-corrected chi connectivity index (χ3v) is 20.7. The van der Waals surface area contributed by atoms with Crippen molar-refractivity contribution in [3.63, 3.8) is 0 Å². The minimum absolute atomic E-state index is 0.108. The van der Waals surface area contributed by atoms with E-state index in [2.05, 4.69) is 41.5 Å². The molecule has 0 aliphatic rings. The molecule has 0 fully saturated rings. The van der Waals surface area contributed by atoms with Crippen LogP contribution in [-0.2, 0) is 65.4 Å². The zero-order valence-electron chi connectivity index (χ0n) is 64.1. The Hall–Kier alpha value is -1.94. The molecule has 0 aliphatic heterocycles. The molecule has 0 aromatic heterocycles. The van der Waals surface area contributed by atoms with Gasteiger partial charge in [-0.3, -0.25) is 37.3 Å². The molecule has 0 rings (SSSR count). The molecule has 0 saturated heterocycles. The van der Waals surface area contributed by atoms with Crippen LogP contribution in [0.2, 0.25) is 0 Å². The van der Waals surface area contributed by atoms with Crippen molar-refractivity contribution in [1.82, 2.24) is 0 Å². The maximum Gasteiger partial charge on any atom is 0.472 e. The summed E-state index contributed by atoms with van der Waals surface area (Å²) in [7, 11) is -9.91. The molecule has 6 atom stereocenters. The number of ether oxygens (including phenoxy) is 4. The molecule has 17 nitrogen and oxygen atoms in total. The van der Waals surface area contributed by atoms with E-state index < -0.39 is 97.5 Å². The summed E-state index contributed by atoms with van der Waals surface area (Å²) >= 11 is 0. The van der Waals surface area contributed by atoms with Gasteiger partial charge in [0.1, 0.15) is 19.3 Å². The largest absolute Gasteiger partial charge is 0.472 e. The highest BCUT2D eigenvalue weighted by Crippen LogP contribution is 2.45. The number of rotatable bonds is 78. The number of phosphoric acid groups is 2. The van der Waals surface area contributed by atoms with Crippen LogP contribution in [0.5, 0.6) is 0 Å². The lowest BCUT2D eigenvalue weighted by molar-refractivity contribution is -0.161. The lowest BCUT2D eigenvalue weighted by atomic mass is 9.99. The quantitative estimate of drug-likeness (QED) is 0.0222. The predicted molar refractivity (Wildman–Crippen MR) is 400 cm³/mol. The second-order valence-corrected chi connectivity index (χ2v) is 32.1. The normalized spacial score (nSPS) is 14.2. The van der Waals surface area contributed by atoms with Gasteiger partial charge in [-0.2, -0.15) is 0 Å². The van der Waals surface area contributed by atoms with Crippen LogP contribution in [0.4, 0.5) is 0 Å². The smallest absolute Gasteiger partial charge is 0.462 e. The molecule has 3 unspecified atom stereocenters. The molecular formula is C79H154O17P2. The summed E-state index contributed by atoms with van der Waals surface area (Å²) in [6.07, 6.45) is 59.7. The predicted octanol–water partition coefficient (Wildman–Crippen LogP) is 23.5. The maximum absolute atomic E-state index is 13.1. The van der Waals surface area contributed by atoms with E-state index in [1.54, 1.807) is 0 Å². The first-order chi connectivity index (χ1) is 47.4. The minimum atomic E-state index is -4.96. The summed E-state index contributed by atoms with van der Waals surface area (Å²) in [6, 6.07) is 0. The van der Waals surface area contributed by atoms with Crippen LogP contribution in [0.1, 0.15) is 414 Å². The maximum atomic E-state index is 13.1. The zero-order chi connectivity index (χ0) is 72.1. The molecule has 582 valence electrons. The van der Waals surface area contributed by atoms with Gasteiger partial charge in [-0.1, -0.05) is 363 Å². The fourth-order valence-electron chi connectivity index (χ4n) is 12.2. The van der Waals surface area contributed by atoms with E-state index in [1.807, 2.05) is 0 Å². The van der Waals surface area contributed by atoms with E-state index in [0.29, 0.717) is 25.7 Å². The minimum Gasteiger partial charge on any atom is -0.462 e. The molecule has 0 aromatic rings. The third kappa shape index (κ3) is 71.1. The van der Waals surface area contributed by atoms with Gasteiger partial charge in [-0.25, -0.2) is 9.13 Å². The van der Waals surface area contributed by atoms with E-state index in [1.165, 1.54) is 218 Å². The Labute approximate surface area is 600 Å². The Morgan fingerprint density at radius 2 is 0.520 bits per heavy atom. The summed E-state index contributed by atoms with van der Waals surface area (Å²) in [4.78, 5) is 72.8. The summed E-state index contributed by atoms with van der Waals surface area (Å²) in [5, 5.41) is 10.6. The Morgan fingerprint density at radius 3 is 0.776 bits per heavy atom. The molecule has 0 spiro atoms. The second kappa shape index (κ2) is 70.7. The number of aliphatic hydroxyl groups excluding tert-OH is 1. The topological polar surface area (TPSA) is 237 Å². The molecule has 3 N–H and O–H groups in total. The van der Waals surface area contributed by atoms with Crippen molar-refractivity contribution < 1.29 is 80.2 Å². The van der Waals surface area contributed by atoms with E-state index in [0.717, 1.165) is 115 Å². The number of unbranched alkanes of at least 4 members (excludes halogenated alkanes) is 47. The average Bonchev–Trinajstić information content (AvgIpc) is 1.45. The van der Waals surface area contributed by atoms with Crippen molar-refractivity contribution >= 4 is 39.5 Å². The van der Waals surface area contributed by atoms with Crippen LogP contribution >= 0.6 is 15.6 Å². The Morgan fingerprint density at radius 1 is 0.296 bits per heavy atom. The van der Waals surface area contributed by atoms with Crippen molar-refractivity contribution in [2.45, 2.75) is 432 Å². The van der Waals surface area contributed by atoms with Crippen LogP contribution in [-0.4, -0.2) is 96.7 Å². The fraction of sp³-hybridized carbons (Fsp3) is 0.949. The highest BCUT2D eigenvalue weighted by Gasteiger charge is 2.30. The summed E-state index contributed by atoms with van der Waals surface area (Å²) in [6.45, 7) is 9.66. The van der Waals surface area contributed by atoms with Crippen molar-refractivity contribution in [1.29, 1.82) is 0 Å². The third-order valence-electron chi connectivity index (χ3n) is 18.8. The summed E-state index contributed by atoms with van der Waals surface area (Å²) < 4.78 is 68.6. The van der Waals surface area contributed by atoms with Crippen LogP contribution in [0.15, 0.2) is 0 Å². The monoisotopic (exact) mass is 1440 g/mol. The second-order valence-electron chi connectivity index (χ2n) is 29.2. The average molecular weight is 1440 g/mol. The van der Waals surface area contributed by atoms with Gasteiger partial charge >= 0.3 is 39.5 Å². The molecule has 0 amide bonds. The Bertz CT molecular complexity index is 1890. The van der Waals surface area contributed by atoms with Crippen molar-refractivity contribution in [2.24, 2.45) is 11.8 Å². The van der Waals surface area contributed by atoms with Gasteiger partial charge in [0.15, 0.2) is 12.2 Å². The lowest BCUT2D eigenvalue weighted by Crippen LogP contribution is -2.30. The molecular weight excluding hydrogens is 1280 g/mol. The van der Waals surface area contributed by atoms with Gasteiger partial charge in [-0.15, -0.1) is 0 Å². The first-order valence-corrected chi connectivity index (χ1v) is 44.0. The van der Waals surface area contributed by atoms with Crippen molar-refractivity contribution in [2.75, 3.05) is 39.6 Å². The van der Waals surface area contributed by atoms with E-state index in [9.17, 15) is 43.2 Å². The van der Waals surface area contributed by atoms with Crippen LogP contribution < -0.4 is 0 Å². The zero-order valence-corrected chi connectivity index (χ0v) is 65.9. The van der Waals surface area contributed by atoms with Crippen LogP contribution in [0.3, 0.4) is 0 Å². The van der Waals surface area contributed by atoms with E-state index >= 15 is 0 Å². The summed E-state index contributed by atoms with van der Waals surface area (Å²) in [5.74, 6) is -0.469. The van der Waals surface area contributed by atoms with Gasteiger partial charge in [0.2, 0.25) is 0 Å². The number of aliphatic hydroxyl groups is 1. The SMILES string of the molecule is CCCCCCCCCCCCCCCCCCC(=O)O[C@H](COC(=O)CCCCCCCCC)COP(=O)(O)OC[C@H](O)COP(=O)(O)OC[C@@H](COC(=O)CCCCCCCCCCCCCCCCC(C)C)OC(=O)CCCCCCCCCCCCCCCCC(C)CC. The number of carbonyl (C=O) groups excluding carboxylic acids is 4. The van der Waals surface area contributed by atoms with Gasteiger partial charge in [0.05, 0.1) is 26.4 Å². The fourth-order valence-corrected chi connectivity index (χ4v) is 13.7. The highest BCUT2D eigenvalue weighted by molar-refractivity contribution is 7.47. The van der Waals surface area contributed by atoms with Gasteiger partial charge in [0.25, 0.3) is 0 Å². The Balaban J connectivity index is 5.19. The summed E-state index contributed by atoms with van der Waals surface area (Å²) in [5.41, 5.74) is 0. The van der Waals surface area contributed by atoms with Gasteiger partial charge in [-0.05, 0) is 37.5 Å². The molecule has 0 aliphatic carbocycles.